The highest BCUT2D eigenvalue weighted by Gasteiger charge is 2.38. The third-order valence-corrected chi connectivity index (χ3v) is 5.73. The molecule has 1 N–H and O–H groups in total. The first-order chi connectivity index (χ1) is 12.1. The van der Waals surface area contributed by atoms with Crippen molar-refractivity contribution >= 4 is 0 Å². The maximum Gasteiger partial charge on any atom is 0.0674 e. The lowest BCUT2D eigenvalue weighted by Crippen LogP contribution is -2.39. The van der Waals surface area contributed by atoms with E-state index < -0.39 is 0 Å². The van der Waals surface area contributed by atoms with Crippen LogP contribution in [0, 0.1) is 13.8 Å². The third kappa shape index (κ3) is 3.67. The van der Waals surface area contributed by atoms with Gasteiger partial charge in [0.1, 0.15) is 0 Å². The van der Waals surface area contributed by atoms with Gasteiger partial charge in [-0.3, -0.25) is 0 Å². The van der Waals surface area contributed by atoms with Crippen LogP contribution < -0.4 is 5.32 Å². The van der Waals surface area contributed by atoms with Crippen molar-refractivity contribution in [3.63, 3.8) is 0 Å². The molecule has 0 atom stereocenters. The summed E-state index contributed by atoms with van der Waals surface area (Å²) in [5.41, 5.74) is 8.31. The molecule has 0 aromatic heterocycles. The van der Waals surface area contributed by atoms with Gasteiger partial charge in [0.15, 0.2) is 0 Å². The number of hydrogen-bond acceptors (Lipinski definition) is 1. The second-order valence-electron chi connectivity index (χ2n) is 7.92. The fourth-order valence-electron chi connectivity index (χ4n) is 4.19. The van der Waals surface area contributed by atoms with Crippen LogP contribution in [-0.2, 0) is 5.54 Å². The molecule has 0 amide bonds. The summed E-state index contributed by atoms with van der Waals surface area (Å²) in [6.07, 6.45) is 8.06. The summed E-state index contributed by atoms with van der Waals surface area (Å²) in [7, 11) is 0. The van der Waals surface area contributed by atoms with Crippen molar-refractivity contribution < 1.29 is 0 Å². The van der Waals surface area contributed by atoms with E-state index in [4.69, 9.17) is 0 Å². The zero-order chi connectivity index (χ0) is 17.9. The molecule has 1 aliphatic carbocycles. The average Bonchev–Trinajstić information content (AvgIpc) is 2.83. The van der Waals surface area contributed by atoms with Gasteiger partial charge in [0.25, 0.3) is 0 Å². The maximum atomic E-state index is 3.92. The first kappa shape index (κ1) is 18.2. The van der Waals surface area contributed by atoms with Gasteiger partial charge in [-0.05, 0) is 56.0 Å². The van der Waals surface area contributed by atoms with Crippen LogP contribution >= 0.6 is 0 Å². The van der Waals surface area contributed by atoms with E-state index in [1.54, 1.807) is 0 Å². The summed E-state index contributed by atoms with van der Waals surface area (Å²) in [5, 5.41) is 3.92. The lowest BCUT2D eigenvalue weighted by atomic mass is 9.88. The third-order valence-electron chi connectivity index (χ3n) is 5.73. The molecule has 1 aliphatic rings. The molecule has 0 radical (unpaired) electrons. The van der Waals surface area contributed by atoms with Crippen molar-refractivity contribution in [2.75, 3.05) is 6.54 Å². The summed E-state index contributed by atoms with van der Waals surface area (Å²) in [4.78, 5) is 0. The van der Waals surface area contributed by atoms with Crippen LogP contribution in [0.4, 0.5) is 0 Å². The van der Waals surface area contributed by atoms with Crippen LogP contribution in [0.5, 0.6) is 0 Å². The molecule has 0 saturated carbocycles. The van der Waals surface area contributed by atoms with Crippen molar-refractivity contribution in [2.45, 2.75) is 71.8 Å². The van der Waals surface area contributed by atoms with E-state index in [0.717, 1.165) is 6.54 Å². The molecule has 0 fully saturated rings. The van der Waals surface area contributed by atoms with Crippen LogP contribution in [0.3, 0.4) is 0 Å². The van der Waals surface area contributed by atoms with Crippen molar-refractivity contribution in [1.82, 2.24) is 5.32 Å². The van der Waals surface area contributed by atoms with Crippen molar-refractivity contribution in [3.8, 4) is 11.1 Å². The predicted octanol–water partition coefficient (Wildman–Crippen LogP) is 6.50. The minimum Gasteiger partial charge on any atom is -0.304 e. The molecule has 0 bridgehead atoms. The van der Waals surface area contributed by atoms with Gasteiger partial charge in [0.2, 0.25) is 0 Å². The van der Waals surface area contributed by atoms with Crippen LogP contribution in [0.2, 0.25) is 0 Å². The normalized spacial score (nSPS) is 14.4. The van der Waals surface area contributed by atoms with Gasteiger partial charge >= 0.3 is 0 Å². The smallest absolute Gasteiger partial charge is 0.0674 e. The number of rotatable bonds is 8. The second kappa shape index (κ2) is 7.74. The topological polar surface area (TPSA) is 12.0 Å². The van der Waals surface area contributed by atoms with E-state index in [9.17, 15) is 0 Å². The standard InChI is InChI=1S/C24H33N/c1-5-6-7-8-9-10-15-25-24(4)22-16-18(2)11-13-20(22)21-14-12-19(3)17-23(21)24/h11-14,16-17,25H,5-10,15H2,1-4H3. The quantitative estimate of drug-likeness (QED) is 0.543. The van der Waals surface area contributed by atoms with Crippen LogP contribution in [-0.4, -0.2) is 6.54 Å². The van der Waals surface area contributed by atoms with E-state index in [1.807, 2.05) is 0 Å². The zero-order valence-corrected chi connectivity index (χ0v) is 16.4. The summed E-state index contributed by atoms with van der Waals surface area (Å²) in [6.45, 7) is 10.1. The number of hydrogen-bond donors (Lipinski definition) is 1. The molecule has 134 valence electrons. The molecule has 25 heavy (non-hydrogen) atoms. The Morgan fingerprint density at radius 2 is 1.28 bits per heavy atom. The number of benzene rings is 2. The number of unbranched alkanes of at least 4 members (excludes halogenated alkanes) is 5. The second-order valence-corrected chi connectivity index (χ2v) is 7.92. The van der Waals surface area contributed by atoms with Gasteiger partial charge in [0, 0.05) is 0 Å². The lowest BCUT2D eigenvalue weighted by molar-refractivity contribution is 0.434. The minimum atomic E-state index is -0.0634. The SMILES string of the molecule is CCCCCCCCNC1(C)c2cc(C)ccc2-c2ccc(C)cc21. The highest BCUT2D eigenvalue weighted by Crippen LogP contribution is 2.47. The highest BCUT2D eigenvalue weighted by molar-refractivity contribution is 5.81. The van der Waals surface area contributed by atoms with Crippen molar-refractivity contribution in [2.24, 2.45) is 0 Å². The molecule has 0 spiro atoms. The summed E-state index contributed by atoms with van der Waals surface area (Å²) < 4.78 is 0. The number of aryl methyl sites for hydroxylation is 2. The average molecular weight is 336 g/mol. The van der Waals surface area contributed by atoms with Gasteiger partial charge in [-0.25, -0.2) is 0 Å². The van der Waals surface area contributed by atoms with Gasteiger partial charge in [-0.15, -0.1) is 0 Å². The Balaban J connectivity index is 1.77. The Bertz CT molecular complexity index is 677. The zero-order valence-electron chi connectivity index (χ0n) is 16.4. The first-order valence-corrected chi connectivity index (χ1v) is 10.0. The van der Waals surface area contributed by atoms with E-state index in [1.165, 1.54) is 71.9 Å². The molecule has 3 rings (SSSR count). The van der Waals surface area contributed by atoms with Gasteiger partial charge in [0.05, 0.1) is 5.54 Å². The van der Waals surface area contributed by atoms with E-state index in [-0.39, 0.29) is 5.54 Å². The fraction of sp³-hybridized carbons (Fsp3) is 0.500. The van der Waals surface area contributed by atoms with Crippen molar-refractivity contribution in [1.29, 1.82) is 0 Å². The van der Waals surface area contributed by atoms with Crippen LogP contribution in [0.1, 0.15) is 74.6 Å². The Hall–Kier alpha value is -1.60. The Morgan fingerprint density at radius 3 is 1.84 bits per heavy atom. The molecule has 0 saturated heterocycles. The molecular weight excluding hydrogens is 302 g/mol. The number of nitrogens with one attached hydrogen (secondary N) is 1. The van der Waals surface area contributed by atoms with Crippen LogP contribution in [0.25, 0.3) is 11.1 Å². The first-order valence-electron chi connectivity index (χ1n) is 10.0. The van der Waals surface area contributed by atoms with E-state index >= 15 is 0 Å². The fourth-order valence-corrected chi connectivity index (χ4v) is 4.19. The molecule has 2 aromatic carbocycles. The van der Waals surface area contributed by atoms with E-state index in [0.29, 0.717) is 0 Å². The molecular formula is C24H33N. The molecule has 1 heteroatoms. The van der Waals surface area contributed by atoms with Crippen molar-refractivity contribution in [3.05, 3.63) is 58.7 Å². The molecule has 0 aliphatic heterocycles. The molecule has 2 aromatic rings. The maximum absolute atomic E-state index is 3.92. The summed E-state index contributed by atoms with van der Waals surface area (Å²) in [5.74, 6) is 0. The predicted molar refractivity (Wildman–Crippen MR) is 109 cm³/mol. The van der Waals surface area contributed by atoms with E-state index in [2.05, 4.69) is 69.4 Å². The Morgan fingerprint density at radius 1 is 0.760 bits per heavy atom. The molecule has 1 nitrogen and oxygen atoms in total. The van der Waals surface area contributed by atoms with Gasteiger partial charge in [-0.2, -0.15) is 0 Å². The van der Waals surface area contributed by atoms with Gasteiger partial charge < -0.3 is 5.32 Å². The summed E-state index contributed by atoms with van der Waals surface area (Å²) >= 11 is 0. The molecule has 0 heterocycles. The monoisotopic (exact) mass is 335 g/mol. The Labute approximate surface area is 153 Å². The summed E-state index contributed by atoms with van der Waals surface area (Å²) in [6, 6.07) is 13.8. The largest absolute Gasteiger partial charge is 0.304 e. The van der Waals surface area contributed by atoms with Crippen LogP contribution in [0.15, 0.2) is 36.4 Å². The minimum absolute atomic E-state index is 0.0634. The number of fused-ring (bicyclic) bond motifs is 3. The molecule has 0 unspecified atom stereocenters. The van der Waals surface area contributed by atoms with Gasteiger partial charge in [-0.1, -0.05) is 86.6 Å². The Kier molecular flexibility index (Phi) is 5.64. The lowest BCUT2D eigenvalue weighted by Gasteiger charge is -2.29. The highest BCUT2D eigenvalue weighted by atomic mass is 15.0.